The zero-order valence-electron chi connectivity index (χ0n) is 16.2. The Hall–Kier alpha value is -1.55. The molecule has 2 fully saturated rings. The van der Waals surface area contributed by atoms with Crippen molar-refractivity contribution in [2.45, 2.75) is 70.4 Å². The molecular formula is C22H34N2O2. The summed E-state index contributed by atoms with van der Waals surface area (Å²) in [6.45, 7) is 2.94. The third-order valence-corrected chi connectivity index (χ3v) is 5.95. The predicted molar refractivity (Wildman–Crippen MR) is 105 cm³/mol. The van der Waals surface area contributed by atoms with Crippen LogP contribution in [0.1, 0.15) is 63.4 Å². The Labute approximate surface area is 158 Å². The van der Waals surface area contributed by atoms with Crippen LogP contribution in [0.2, 0.25) is 0 Å². The Morgan fingerprint density at radius 1 is 1.08 bits per heavy atom. The summed E-state index contributed by atoms with van der Waals surface area (Å²) in [4.78, 5) is 15.1. The number of likely N-dealkylation sites (tertiary alicyclic amines) is 1. The van der Waals surface area contributed by atoms with Crippen LogP contribution in [-0.2, 0) is 11.3 Å². The molecule has 144 valence electrons. The molecule has 0 atom stereocenters. The molecule has 1 amide bonds. The van der Waals surface area contributed by atoms with Crippen molar-refractivity contribution < 1.29 is 9.53 Å². The molecule has 1 aliphatic carbocycles. The first-order chi connectivity index (χ1) is 12.7. The number of hydrogen-bond donors (Lipinski definition) is 1. The number of ether oxygens (including phenoxy) is 1. The van der Waals surface area contributed by atoms with E-state index in [2.05, 4.69) is 22.3 Å². The molecule has 0 bridgehead atoms. The van der Waals surface area contributed by atoms with Crippen LogP contribution in [0, 0.1) is 5.92 Å². The average molecular weight is 359 g/mol. The zero-order valence-corrected chi connectivity index (χ0v) is 16.2. The number of carbonyl (C=O) groups is 1. The second-order valence-corrected chi connectivity index (χ2v) is 7.95. The summed E-state index contributed by atoms with van der Waals surface area (Å²) in [5.74, 6) is 1.41. The Kier molecular flexibility index (Phi) is 7.36. The van der Waals surface area contributed by atoms with Crippen molar-refractivity contribution in [1.29, 1.82) is 0 Å². The quantitative estimate of drug-likeness (QED) is 0.860. The van der Waals surface area contributed by atoms with Crippen molar-refractivity contribution in [3.05, 3.63) is 29.8 Å². The Morgan fingerprint density at radius 2 is 1.77 bits per heavy atom. The van der Waals surface area contributed by atoms with Gasteiger partial charge >= 0.3 is 0 Å². The number of nitrogens with zero attached hydrogens (tertiary/aromatic N) is 1. The summed E-state index contributed by atoms with van der Waals surface area (Å²) < 4.78 is 5.31. The van der Waals surface area contributed by atoms with E-state index in [1.165, 1.54) is 50.5 Å². The van der Waals surface area contributed by atoms with Gasteiger partial charge in [-0.25, -0.2) is 0 Å². The van der Waals surface area contributed by atoms with Crippen LogP contribution in [0.4, 0.5) is 0 Å². The molecule has 1 heterocycles. The number of piperidine rings is 1. The molecule has 0 aromatic heterocycles. The van der Waals surface area contributed by atoms with Gasteiger partial charge in [-0.2, -0.15) is 0 Å². The van der Waals surface area contributed by atoms with Crippen LogP contribution in [-0.4, -0.2) is 37.0 Å². The van der Waals surface area contributed by atoms with Crippen molar-refractivity contribution in [3.8, 4) is 5.75 Å². The highest BCUT2D eigenvalue weighted by molar-refractivity contribution is 5.79. The lowest BCUT2D eigenvalue weighted by atomic mass is 9.93. The monoisotopic (exact) mass is 358 g/mol. The molecule has 1 N–H and O–H groups in total. The first-order valence-corrected chi connectivity index (χ1v) is 10.4. The lowest BCUT2D eigenvalue weighted by Crippen LogP contribution is -2.43. The summed E-state index contributed by atoms with van der Waals surface area (Å²) in [7, 11) is 1.71. The smallest absolute Gasteiger partial charge is 0.223 e. The van der Waals surface area contributed by atoms with Crippen molar-refractivity contribution in [3.63, 3.8) is 0 Å². The molecule has 0 radical (unpaired) electrons. The summed E-state index contributed by atoms with van der Waals surface area (Å²) in [5, 5.41) is 3.36. The molecule has 1 saturated heterocycles. The topological polar surface area (TPSA) is 41.6 Å². The fraction of sp³-hybridized carbons (Fsp3) is 0.682. The van der Waals surface area contributed by atoms with Crippen molar-refractivity contribution in [1.82, 2.24) is 10.2 Å². The maximum atomic E-state index is 12.7. The van der Waals surface area contributed by atoms with Gasteiger partial charge in [0, 0.05) is 18.5 Å². The molecule has 3 rings (SSSR count). The van der Waals surface area contributed by atoms with Gasteiger partial charge in [0.2, 0.25) is 5.91 Å². The van der Waals surface area contributed by atoms with Gasteiger partial charge < -0.3 is 10.1 Å². The van der Waals surface area contributed by atoms with Gasteiger partial charge in [-0.15, -0.1) is 0 Å². The number of amides is 1. The molecule has 1 aliphatic heterocycles. The minimum atomic E-state index is 0.196. The van der Waals surface area contributed by atoms with Gasteiger partial charge in [0.15, 0.2) is 0 Å². The second-order valence-electron chi connectivity index (χ2n) is 7.95. The van der Waals surface area contributed by atoms with E-state index in [0.29, 0.717) is 11.9 Å². The summed E-state index contributed by atoms with van der Waals surface area (Å²) in [6, 6.07) is 8.69. The fourth-order valence-corrected chi connectivity index (χ4v) is 4.30. The molecule has 0 unspecified atom stereocenters. The molecule has 2 aliphatic rings. The minimum absolute atomic E-state index is 0.196. The highest BCUT2D eigenvalue weighted by Gasteiger charge is 2.26. The van der Waals surface area contributed by atoms with Crippen molar-refractivity contribution in [2.24, 2.45) is 5.92 Å². The molecule has 26 heavy (non-hydrogen) atoms. The number of methoxy groups -OCH3 is 1. The van der Waals surface area contributed by atoms with E-state index in [0.717, 1.165) is 38.2 Å². The molecule has 4 nitrogen and oxygen atoms in total. The normalized spacial score (nSPS) is 21.0. The number of benzene rings is 1. The van der Waals surface area contributed by atoms with Gasteiger partial charge in [-0.1, -0.05) is 44.2 Å². The number of carbonyl (C=O) groups excluding carboxylic acids is 1. The van der Waals surface area contributed by atoms with Gasteiger partial charge in [0.1, 0.15) is 5.75 Å². The number of rotatable bonds is 5. The summed E-state index contributed by atoms with van der Waals surface area (Å²) >= 11 is 0. The molecule has 1 aromatic carbocycles. The van der Waals surface area contributed by atoms with Gasteiger partial charge in [0.05, 0.1) is 7.11 Å². The van der Waals surface area contributed by atoms with Crippen molar-refractivity contribution >= 4 is 5.91 Å². The lowest BCUT2D eigenvalue weighted by molar-refractivity contribution is -0.127. The first-order valence-electron chi connectivity index (χ1n) is 10.4. The Balaban J connectivity index is 1.43. The van der Waals surface area contributed by atoms with E-state index >= 15 is 0 Å². The predicted octanol–water partition coefficient (Wildman–Crippen LogP) is 4.14. The molecular weight excluding hydrogens is 324 g/mol. The molecule has 1 saturated carbocycles. The number of hydrogen-bond acceptors (Lipinski definition) is 3. The maximum Gasteiger partial charge on any atom is 0.223 e. The van der Waals surface area contributed by atoms with Crippen LogP contribution < -0.4 is 10.1 Å². The highest BCUT2D eigenvalue weighted by atomic mass is 16.5. The molecule has 1 aromatic rings. The zero-order chi connectivity index (χ0) is 18.2. The third kappa shape index (κ3) is 5.73. The van der Waals surface area contributed by atoms with Gasteiger partial charge in [0.25, 0.3) is 0 Å². The van der Waals surface area contributed by atoms with E-state index < -0.39 is 0 Å². The van der Waals surface area contributed by atoms with Crippen LogP contribution in [0.25, 0.3) is 0 Å². The molecule has 4 heteroatoms. The van der Waals surface area contributed by atoms with Gasteiger partial charge in [-0.05, 0) is 56.5 Å². The van der Waals surface area contributed by atoms with E-state index in [1.54, 1.807) is 7.11 Å². The minimum Gasteiger partial charge on any atom is -0.497 e. The van der Waals surface area contributed by atoms with E-state index in [1.807, 2.05) is 12.1 Å². The van der Waals surface area contributed by atoms with Crippen molar-refractivity contribution in [2.75, 3.05) is 20.2 Å². The van der Waals surface area contributed by atoms with E-state index in [9.17, 15) is 4.79 Å². The lowest BCUT2D eigenvalue weighted by Gasteiger charge is -2.32. The third-order valence-electron chi connectivity index (χ3n) is 5.95. The van der Waals surface area contributed by atoms with E-state index in [-0.39, 0.29) is 5.92 Å². The summed E-state index contributed by atoms with van der Waals surface area (Å²) in [5.41, 5.74) is 1.28. The number of nitrogens with one attached hydrogen (secondary N) is 1. The molecule has 0 spiro atoms. The maximum absolute atomic E-state index is 12.7. The first kappa shape index (κ1) is 19.2. The highest BCUT2D eigenvalue weighted by Crippen LogP contribution is 2.22. The summed E-state index contributed by atoms with van der Waals surface area (Å²) in [6.07, 6.45) is 10.8. The fourth-order valence-electron chi connectivity index (χ4n) is 4.30. The SMILES string of the molecule is COc1cccc(CN2CCC(C(=O)NC3CCCCCCC3)CC2)c1. The Bertz CT molecular complexity index is 559. The Morgan fingerprint density at radius 3 is 2.46 bits per heavy atom. The second kappa shape index (κ2) is 9.96. The standard InChI is InChI=1S/C22H34N2O2/c1-26-21-11-7-8-18(16-21)17-24-14-12-19(13-15-24)22(25)23-20-9-5-3-2-4-6-10-20/h7-8,11,16,19-20H,2-6,9-10,12-15,17H2,1H3,(H,23,25). The van der Waals surface area contributed by atoms with E-state index in [4.69, 9.17) is 4.74 Å². The van der Waals surface area contributed by atoms with Gasteiger partial charge in [-0.3, -0.25) is 9.69 Å². The largest absolute Gasteiger partial charge is 0.497 e. The average Bonchev–Trinajstić information content (AvgIpc) is 2.64. The van der Waals surface area contributed by atoms with Crippen LogP contribution >= 0.6 is 0 Å². The van der Waals surface area contributed by atoms with Crippen LogP contribution in [0.3, 0.4) is 0 Å². The van der Waals surface area contributed by atoms with Crippen LogP contribution in [0.15, 0.2) is 24.3 Å². The van der Waals surface area contributed by atoms with Crippen LogP contribution in [0.5, 0.6) is 5.75 Å².